The van der Waals surface area contributed by atoms with E-state index >= 15 is 0 Å². The van der Waals surface area contributed by atoms with Gasteiger partial charge in [0.05, 0.1) is 11.4 Å². The van der Waals surface area contributed by atoms with Gasteiger partial charge in [0.15, 0.2) is 0 Å². The third-order valence-corrected chi connectivity index (χ3v) is 4.87. The third kappa shape index (κ3) is 3.15. The van der Waals surface area contributed by atoms with E-state index in [0.29, 0.717) is 0 Å². The zero-order chi connectivity index (χ0) is 17.2. The molecule has 1 aliphatic heterocycles. The number of amides is 1. The second-order valence-corrected chi connectivity index (χ2v) is 6.48. The quantitative estimate of drug-likeness (QED) is 0.739. The number of carbonyl (C=O) groups is 1. The van der Waals surface area contributed by atoms with E-state index in [1.807, 2.05) is 29.2 Å². The Morgan fingerprint density at radius 1 is 1.00 bits per heavy atom. The standard InChI is InChI=1S/C20H22N4O/c1-16(25)23-13-11-22(12-14-23)15-18-20(17-7-3-2-4-8-17)21-19-9-5-6-10-24(18)19/h2-10H,11-15H2,1H3. The summed E-state index contributed by atoms with van der Waals surface area (Å²) in [6.07, 6.45) is 2.08. The van der Waals surface area contributed by atoms with Gasteiger partial charge in [-0.15, -0.1) is 0 Å². The number of aromatic nitrogens is 2. The number of pyridine rings is 1. The lowest BCUT2D eigenvalue weighted by Gasteiger charge is -2.34. The lowest BCUT2D eigenvalue weighted by atomic mass is 10.1. The number of benzene rings is 1. The van der Waals surface area contributed by atoms with Gasteiger partial charge in [0.1, 0.15) is 5.65 Å². The van der Waals surface area contributed by atoms with E-state index < -0.39 is 0 Å². The number of fused-ring (bicyclic) bond motifs is 1. The minimum Gasteiger partial charge on any atom is -0.340 e. The molecule has 5 heteroatoms. The number of rotatable bonds is 3. The van der Waals surface area contributed by atoms with Crippen molar-refractivity contribution in [3.05, 3.63) is 60.4 Å². The van der Waals surface area contributed by atoms with E-state index in [1.165, 1.54) is 5.69 Å². The van der Waals surface area contributed by atoms with Crippen LogP contribution in [0.15, 0.2) is 54.7 Å². The third-order valence-electron chi connectivity index (χ3n) is 4.87. The lowest BCUT2D eigenvalue weighted by molar-refractivity contribution is -0.130. The van der Waals surface area contributed by atoms with Gasteiger partial charge >= 0.3 is 0 Å². The van der Waals surface area contributed by atoms with Gasteiger partial charge in [-0.3, -0.25) is 9.69 Å². The van der Waals surface area contributed by atoms with Crippen LogP contribution in [-0.2, 0) is 11.3 Å². The number of hydrogen-bond acceptors (Lipinski definition) is 3. The molecule has 3 aromatic rings. The largest absolute Gasteiger partial charge is 0.340 e. The average molecular weight is 334 g/mol. The normalized spacial score (nSPS) is 15.6. The molecular formula is C20H22N4O. The Hall–Kier alpha value is -2.66. The summed E-state index contributed by atoms with van der Waals surface area (Å²) in [7, 11) is 0. The molecule has 1 aliphatic rings. The molecule has 1 saturated heterocycles. The fraction of sp³-hybridized carbons (Fsp3) is 0.300. The molecule has 25 heavy (non-hydrogen) atoms. The summed E-state index contributed by atoms with van der Waals surface area (Å²) in [5, 5.41) is 0. The molecule has 1 fully saturated rings. The topological polar surface area (TPSA) is 40.9 Å². The van der Waals surface area contributed by atoms with Crippen LogP contribution < -0.4 is 0 Å². The monoisotopic (exact) mass is 334 g/mol. The summed E-state index contributed by atoms with van der Waals surface area (Å²) in [6, 6.07) is 16.5. The minimum absolute atomic E-state index is 0.166. The molecule has 4 rings (SSSR count). The van der Waals surface area contributed by atoms with Gasteiger partial charge in [-0.2, -0.15) is 0 Å². The molecule has 0 atom stereocenters. The highest BCUT2D eigenvalue weighted by Crippen LogP contribution is 2.25. The molecule has 0 radical (unpaired) electrons. The molecule has 3 heterocycles. The molecule has 0 bridgehead atoms. The van der Waals surface area contributed by atoms with E-state index in [2.05, 4.69) is 39.8 Å². The van der Waals surface area contributed by atoms with Crippen molar-refractivity contribution in [2.24, 2.45) is 0 Å². The van der Waals surface area contributed by atoms with Gasteiger partial charge in [-0.25, -0.2) is 4.98 Å². The van der Waals surface area contributed by atoms with Gasteiger partial charge in [0.2, 0.25) is 5.91 Å². The summed E-state index contributed by atoms with van der Waals surface area (Å²) < 4.78 is 2.18. The molecule has 5 nitrogen and oxygen atoms in total. The van der Waals surface area contributed by atoms with Crippen molar-refractivity contribution in [1.82, 2.24) is 19.2 Å². The molecule has 1 amide bonds. The second kappa shape index (κ2) is 6.69. The first-order chi connectivity index (χ1) is 12.2. The summed E-state index contributed by atoms with van der Waals surface area (Å²) in [4.78, 5) is 20.7. The Morgan fingerprint density at radius 3 is 2.44 bits per heavy atom. The van der Waals surface area contributed by atoms with Crippen molar-refractivity contribution in [3.63, 3.8) is 0 Å². The van der Waals surface area contributed by atoms with E-state index in [4.69, 9.17) is 4.98 Å². The molecule has 128 valence electrons. The fourth-order valence-electron chi connectivity index (χ4n) is 3.46. The smallest absolute Gasteiger partial charge is 0.219 e. The summed E-state index contributed by atoms with van der Waals surface area (Å²) >= 11 is 0. The lowest BCUT2D eigenvalue weighted by Crippen LogP contribution is -2.47. The number of carbonyl (C=O) groups excluding carboxylic acids is 1. The first-order valence-electron chi connectivity index (χ1n) is 8.71. The second-order valence-electron chi connectivity index (χ2n) is 6.48. The van der Waals surface area contributed by atoms with Crippen LogP contribution in [0.25, 0.3) is 16.9 Å². The van der Waals surface area contributed by atoms with Crippen LogP contribution in [0, 0.1) is 0 Å². The van der Waals surface area contributed by atoms with Gasteiger partial charge < -0.3 is 9.30 Å². The summed E-state index contributed by atoms with van der Waals surface area (Å²) in [5.74, 6) is 0.166. The Morgan fingerprint density at radius 2 is 1.72 bits per heavy atom. The van der Waals surface area contributed by atoms with Gasteiger partial charge in [0, 0.05) is 51.4 Å². The Balaban J connectivity index is 1.66. The van der Waals surface area contributed by atoms with Crippen molar-refractivity contribution < 1.29 is 4.79 Å². The maximum atomic E-state index is 11.5. The zero-order valence-corrected chi connectivity index (χ0v) is 14.4. The highest BCUT2D eigenvalue weighted by atomic mass is 16.2. The molecular weight excluding hydrogens is 312 g/mol. The van der Waals surface area contributed by atoms with Crippen molar-refractivity contribution in [1.29, 1.82) is 0 Å². The SMILES string of the molecule is CC(=O)N1CCN(Cc2c(-c3ccccc3)nc3ccccn23)CC1. The average Bonchev–Trinajstić information content (AvgIpc) is 3.02. The molecule has 0 saturated carbocycles. The summed E-state index contributed by atoms with van der Waals surface area (Å²) in [5.41, 5.74) is 4.36. The van der Waals surface area contributed by atoms with Crippen LogP contribution in [0.1, 0.15) is 12.6 Å². The van der Waals surface area contributed by atoms with Crippen LogP contribution in [0.3, 0.4) is 0 Å². The van der Waals surface area contributed by atoms with E-state index in [0.717, 1.165) is 49.6 Å². The first kappa shape index (κ1) is 15.8. The van der Waals surface area contributed by atoms with Gasteiger partial charge in [-0.05, 0) is 12.1 Å². The van der Waals surface area contributed by atoms with Crippen LogP contribution >= 0.6 is 0 Å². The molecule has 2 aromatic heterocycles. The van der Waals surface area contributed by atoms with E-state index in [-0.39, 0.29) is 5.91 Å². The predicted octanol–water partition coefficient (Wildman–Crippen LogP) is 2.67. The van der Waals surface area contributed by atoms with E-state index in [9.17, 15) is 4.79 Å². The van der Waals surface area contributed by atoms with Crippen molar-refractivity contribution in [3.8, 4) is 11.3 Å². The predicted molar refractivity (Wildman–Crippen MR) is 98.2 cm³/mol. The number of piperazine rings is 1. The molecule has 0 N–H and O–H groups in total. The fourth-order valence-corrected chi connectivity index (χ4v) is 3.46. The van der Waals surface area contributed by atoms with E-state index in [1.54, 1.807) is 6.92 Å². The maximum Gasteiger partial charge on any atom is 0.219 e. The highest BCUT2D eigenvalue weighted by Gasteiger charge is 2.22. The summed E-state index contributed by atoms with van der Waals surface area (Å²) in [6.45, 7) is 5.87. The van der Waals surface area contributed by atoms with Crippen LogP contribution in [-0.4, -0.2) is 51.3 Å². The Bertz CT molecular complexity index is 879. The minimum atomic E-state index is 0.166. The highest BCUT2D eigenvalue weighted by molar-refractivity contribution is 5.73. The van der Waals surface area contributed by atoms with Gasteiger partial charge in [-0.1, -0.05) is 36.4 Å². The number of nitrogens with zero attached hydrogens (tertiary/aromatic N) is 4. The van der Waals surface area contributed by atoms with Crippen LogP contribution in [0.5, 0.6) is 0 Å². The van der Waals surface area contributed by atoms with Gasteiger partial charge in [0.25, 0.3) is 0 Å². The van der Waals surface area contributed by atoms with Crippen molar-refractivity contribution in [2.45, 2.75) is 13.5 Å². The molecule has 0 spiro atoms. The Labute approximate surface area is 147 Å². The molecule has 1 aromatic carbocycles. The zero-order valence-electron chi connectivity index (χ0n) is 14.4. The van der Waals surface area contributed by atoms with Crippen molar-refractivity contribution >= 4 is 11.6 Å². The number of imidazole rings is 1. The van der Waals surface area contributed by atoms with Crippen LogP contribution in [0.4, 0.5) is 0 Å². The van der Waals surface area contributed by atoms with Crippen molar-refractivity contribution in [2.75, 3.05) is 26.2 Å². The Kier molecular flexibility index (Phi) is 4.24. The molecule has 0 aliphatic carbocycles. The molecule has 0 unspecified atom stereocenters. The number of hydrogen-bond donors (Lipinski definition) is 0. The maximum absolute atomic E-state index is 11.5. The van der Waals surface area contributed by atoms with Crippen LogP contribution in [0.2, 0.25) is 0 Å². The first-order valence-corrected chi connectivity index (χ1v) is 8.71.